The van der Waals surface area contributed by atoms with Gasteiger partial charge in [-0.2, -0.15) is 13.2 Å². The number of hydrogen-bond donors (Lipinski definition) is 3. The first-order chi connectivity index (χ1) is 16.7. The normalized spacial score (nSPS) is 12.3. The standard InChI is InChI=1S/C26H21ClF3N3O2/c27-21-10-3-1-9-20(21)24(34)33-23(13-17-15-31-22-11-4-2-8-19(17)22)25(35)32-14-16-6-5-7-18(12-16)26(28,29)30/h1-12,15,23,31H,13-14H2,(H,32,35)(H,33,34). The summed E-state index contributed by atoms with van der Waals surface area (Å²) >= 11 is 6.14. The van der Waals surface area contributed by atoms with Crippen LogP contribution in [0.2, 0.25) is 5.02 Å². The lowest BCUT2D eigenvalue weighted by Gasteiger charge is -2.19. The van der Waals surface area contributed by atoms with Crippen LogP contribution >= 0.6 is 11.6 Å². The van der Waals surface area contributed by atoms with E-state index < -0.39 is 29.6 Å². The summed E-state index contributed by atoms with van der Waals surface area (Å²) in [7, 11) is 0. The van der Waals surface area contributed by atoms with E-state index in [2.05, 4.69) is 15.6 Å². The van der Waals surface area contributed by atoms with Crippen molar-refractivity contribution in [3.05, 3.63) is 106 Å². The lowest BCUT2D eigenvalue weighted by molar-refractivity contribution is -0.137. The molecule has 1 unspecified atom stereocenters. The Morgan fingerprint density at radius 2 is 1.71 bits per heavy atom. The maximum atomic E-state index is 13.1. The Hall–Kier alpha value is -3.78. The first-order valence-corrected chi connectivity index (χ1v) is 11.1. The second-order valence-electron chi connectivity index (χ2n) is 7.99. The van der Waals surface area contributed by atoms with Crippen LogP contribution in [0.15, 0.2) is 79.0 Å². The molecule has 35 heavy (non-hydrogen) atoms. The number of aromatic nitrogens is 1. The maximum absolute atomic E-state index is 13.1. The molecule has 0 aliphatic carbocycles. The molecule has 3 aromatic carbocycles. The number of benzene rings is 3. The van der Waals surface area contributed by atoms with Crippen LogP contribution in [0.25, 0.3) is 10.9 Å². The third kappa shape index (κ3) is 5.84. The van der Waals surface area contributed by atoms with Crippen molar-refractivity contribution in [3.63, 3.8) is 0 Å². The Kier molecular flexibility index (Phi) is 7.12. The van der Waals surface area contributed by atoms with Gasteiger partial charge in [0.25, 0.3) is 5.91 Å². The first kappa shape index (κ1) is 24.3. The van der Waals surface area contributed by atoms with Crippen molar-refractivity contribution < 1.29 is 22.8 Å². The van der Waals surface area contributed by atoms with E-state index in [0.29, 0.717) is 0 Å². The zero-order valence-electron chi connectivity index (χ0n) is 18.3. The fourth-order valence-corrected chi connectivity index (χ4v) is 4.00. The van der Waals surface area contributed by atoms with E-state index in [4.69, 9.17) is 11.6 Å². The van der Waals surface area contributed by atoms with Crippen LogP contribution in [-0.2, 0) is 23.9 Å². The highest BCUT2D eigenvalue weighted by atomic mass is 35.5. The van der Waals surface area contributed by atoms with Crippen molar-refractivity contribution in [1.29, 1.82) is 0 Å². The van der Waals surface area contributed by atoms with Crippen LogP contribution in [0.4, 0.5) is 13.2 Å². The van der Waals surface area contributed by atoms with E-state index in [9.17, 15) is 22.8 Å². The second-order valence-corrected chi connectivity index (χ2v) is 8.39. The van der Waals surface area contributed by atoms with Crippen LogP contribution in [0.1, 0.15) is 27.0 Å². The summed E-state index contributed by atoms with van der Waals surface area (Å²) < 4.78 is 39.1. The van der Waals surface area contributed by atoms with Gasteiger partial charge in [-0.1, -0.05) is 54.1 Å². The van der Waals surface area contributed by atoms with Crippen molar-refractivity contribution in [2.45, 2.75) is 25.2 Å². The zero-order chi connectivity index (χ0) is 25.0. The van der Waals surface area contributed by atoms with Gasteiger partial charge in [0.2, 0.25) is 5.91 Å². The van der Waals surface area contributed by atoms with Crippen LogP contribution in [0.5, 0.6) is 0 Å². The highest BCUT2D eigenvalue weighted by Gasteiger charge is 2.30. The SMILES string of the molecule is O=C(NC(Cc1c[nH]c2ccccc12)C(=O)NCc1cccc(C(F)(F)F)c1)c1ccccc1Cl. The molecule has 0 aliphatic rings. The van der Waals surface area contributed by atoms with Crippen molar-refractivity contribution in [1.82, 2.24) is 15.6 Å². The number of carbonyl (C=O) groups excluding carboxylic acids is 2. The first-order valence-electron chi connectivity index (χ1n) is 10.8. The minimum Gasteiger partial charge on any atom is -0.361 e. The molecule has 180 valence electrons. The number of hydrogen-bond acceptors (Lipinski definition) is 2. The summed E-state index contributed by atoms with van der Waals surface area (Å²) in [6, 6.07) is 17.7. The molecule has 1 aromatic heterocycles. The van der Waals surface area contributed by atoms with Crippen molar-refractivity contribution in [2.24, 2.45) is 0 Å². The molecular weight excluding hydrogens is 479 g/mol. The average Bonchev–Trinajstić information content (AvgIpc) is 3.25. The van der Waals surface area contributed by atoms with Crippen molar-refractivity contribution in [3.8, 4) is 0 Å². The summed E-state index contributed by atoms with van der Waals surface area (Å²) in [6.07, 6.45) is -2.56. The Bertz CT molecular complexity index is 1370. The highest BCUT2D eigenvalue weighted by Crippen LogP contribution is 2.29. The van der Waals surface area contributed by atoms with Gasteiger partial charge < -0.3 is 15.6 Å². The number of carbonyl (C=O) groups is 2. The molecule has 4 rings (SSSR count). The van der Waals surface area contributed by atoms with E-state index in [1.807, 2.05) is 24.3 Å². The predicted octanol–water partition coefficient (Wildman–Crippen LogP) is 5.50. The van der Waals surface area contributed by atoms with Gasteiger partial charge in [-0.25, -0.2) is 0 Å². The third-order valence-electron chi connectivity index (χ3n) is 5.56. The summed E-state index contributed by atoms with van der Waals surface area (Å²) in [4.78, 5) is 29.1. The van der Waals surface area contributed by atoms with E-state index in [0.717, 1.165) is 28.6 Å². The molecule has 0 fully saturated rings. The van der Waals surface area contributed by atoms with E-state index in [1.54, 1.807) is 30.5 Å². The molecular formula is C26H21ClF3N3O2. The topological polar surface area (TPSA) is 74.0 Å². The van der Waals surface area contributed by atoms with E-state index >= 15 is 0 Å². The molecule has 3 N–H and O–H groups in total. The molecule has 0 radical (unpaired) electrons. The quantitative estimate of drug-likeness (QED) is 0.314. The molecule has 0 saturated carbocycles. The number of amides is 2. The Morgan fingerprint density at radius 1 is 0.971 bits per heavy atom. The van der Waals surface area contributed by atoms with Crippen LogP contribution in [0.3, 0.4) is 0 Å². The molecule has 1 atom stereocenters. The highest BCUT2D eigenvalue weighted by molar-refractivity contribution is 6.33. The van der Waals surface area contributed by atoms with Crippen molar-refractivity contribution >= 4 is 34.3 Å². The minimum atomic E-state index is -4.49. The number of para-hydroxylation sites is 1. The Balaban J connectivity index is 1.55. The molecule has 1 heterocycles. The van der Waals surface area contributed by atoms with Gasteiger partial charge in [-0.05, 0) is 41.5 Å². The second kappa shape index (κ2) is 10.2. The van der Waals surface area contributed by atoms with Crippen molar-refractivity contribution in [2.75, 3.05) is 0 Å². The molecule has 0 saturated heterocycles. The molecule has 0 aliphatic heterocycles. The monoisotopic (exact) mass is 499 g/mol. The third-order valence-corrected chi connectivity index (χ3v) is 5.89. The van der Waals surface area contributed by atoms with Gasteiger partial charge in [-0.15, -0.1) is 0 Å². The van der Waals surface area contributed by atoms with Crippen LogP contribution in [0, 0.1) is 0 Å². The van der Waals surface area contributed by atoms with Gasteiger partial charge in [0, 0.05) is 30.1 Å². The van der Waals surface area contributed by atoms with Gasteiger partial charge in [0.1, 0.15) is 6.04 Å². The van der Waals surface area contributed by atoms with Gasteiger partial charge in [0.05, 0.1) is 16.1 Å². The van der Waals surface area contributed by atoms with Crippen LogP contribution < -0.4 is 10.6 Å². The predicted molar refractivity (Wildman–Crippen MR) is 128 cm³/mol. The van der Waals surface area contributed by atoms with E-state index in [-0.39, 0.29) is 29.1 Å². The fraction of sp³-hybridized carbons (Fsp3) is 0.154. The molecule has 0 bridgehead atoms. The number of halogens is 4. The van der Waals surface area contributed by atoms with Gasteiger partial charge >= 0.3 is 6.18 Å². The summed E-state index contributed by atoms with van der Waals surface area (Å²) in [5, 5.41) is 6.50. The summed E-state index contributed by atoms with van der Waals surface area (Å²) in [5.74, 6) is -1.07. The number of H-pyrrole nitrogens is 1. The van der Waals surface area contributed by atoms with Crippen LogP contribution in [-0.4, -0.2) is 22.8 Å². The number of fused-ring (bicyclic) bond motifs is 1. The minimum absolute atomic E-state index is 0.130. The van der Waals surface area contributed by atoms with Gasteiger partial charge in [0.15, 0.2) is 0 Å². The Morgan fingerprint density at radius 3 is 2.49 bits per heavy atom. The molecule has 2 amide bonds. The van der Waals surface area contributed by atoms with E-state index in [1.165, 1.54) is 12.1 Å². The number of rotatable bonds is 7. The summed E-state index contributed by atoms with van der Waals surface area (Å²) in [6.45, 7) is -0.130. The largest absolute Gasteiger partial charge is 0.416 e. The smallest absolute Gasteiger partial charge is 0.361 e. The lowest BCUT2D eigenvalue weighted by Crippen LogP contribution is -2.47. The summed E-state index contributed by atoms with van der Waals surface area (Å²) in [5.41, 5.74) is 1.38. The molecule has 0 spiro atoms. The zero-order valence-corrected chi connectivity index (χ0v) is 19.1. The molecule has 9 heteroatoms. The lowest BCUT2D eigenvalue weighted by atomic mass is 10.0. The number of alkyl halides is 3. The number of nitrogens with one attached hydrogen (secondary N) is 3. The number of aromatic amines is 1. The average molecular weight is 500 g/mol. The molecule has 5 nitrogen and oxygen atoms in total. The maximum Gasteiger partial charge on any atom is 0.416 e. The molecule has 4 aromatic rings. The Labute approximate surface area is 204 Å². The fourth-order valence-electron chi connectivity index (χ4n) is 3.78. The van der Waals surface area contributed by atoms with Gasteiger partial charge in [-0.3, -0.25) is 9.59 Å².